The molecule has 0 radical (unpaired) electrons. The standard InChI is InChI=1S/C23H23NO5/c1-12-2-4-13(5-3-12)18(25)11-29-19(26)8-9-24-22(27)20-14-6-7-15(17-10-16(14)17)21(20)23(24)28/h2-7,14-17,20-21H,8-11H2,1H3/t14-,15-,16-,17+,20-,21+/m0/s1. The number of rotatable bonds is 6. The molecule has 5 aliphatic rings. The van der Waals surface area contributed by atoms with E-state index in [1.807, 2.05) is 19.1 Å². The van der Waals surface area contributed by atoms with Gasteiger partial charge in [-0.3, -0.25) is 24.1 Å². The van der Waals surface area contributed by atoms with E-state index in [9.17, 15) is 19.2 Å². The first-order chi connectivity index (χ1) is 14.0. The van der Waals surface area contributed by atoms with E-state index in [-0.39, 0.29) is 60.8 Å². The molecule has 4 aliphatic carbocycles. The van der Waals surface area contributed by atoms with Gasteiger partial charge in [-0.05, 0) is 37.0 Å². The number of carbonyl (C=O) groups excluding carboxylic acids is 4. The van der Waals surface area contributed by atoms with Gasteiger partial charge in [-0.2, -0.15) is 0 Å². The van der Waals surface area contributed by atoms with Crippen molar-refractivity contribution in [2.75, 3.05) is 13.2 Å². The molecule has 6 nitrogen and oxygen atoms in total. The Hall–Kier alpha value is -2.76. The number of amides is 2. The summed E-state index contributed by atoms with van der Waals surface area (Å²) >= 11 is 0. The Morgan fingerprint density at radius 2 is 1.59 bits per heavy atom. The van der Waals surface area contributed by atoms with Crippen LogP contribution in [0.4, 0.5) is 0 Å². The number of aryl methyl sites for hydroxylation is 1. The van der Waals surface area contributed by atoms with Gasteiger partial charge >= 0.3 is 5.97 Å². The molecule has 0 aromatic heterocycles. The third-order valence-electron chi connectivity index (χ3n) is 7.03. The summed E-state index contributed by atoms with van der Waals surface area (Å²) < 4.78 is 5.07. The van der Waals surface area contributed by atoms with Crippen LogP contribution in [-0.2, 0) is 19.1 Å². The summed E-state index contributed by atoms with van der Waals surface area (Å²) in [4.78, 5) is 51.2. The molecule has 0 unspecified atom stereocenters. The van der Waals surface area contributed by atoms with Gasteiger partial charge in [0.1, 0.15) is 0 Å². The van der Waals surface area contributed by atoms with Crippen LogP contribution in [0.2, 0.25) is 0 Å². The highest BCUT2D eigenvalue weighted by molar-refractivity contribution is 6.06. The van der Waals surface area contributed by atoms with Crippen molar-refractivity contribution in [3.8, 4) is 0 Å². The zero-order chi connectivity index (χ0) is 20.3. The lowest BCUT2D eigenvalue weighted by atomic mass is 9.63. The fourth-order valence-electron chi connectivity index (χ4n) is 5.48. The summed E-state index contributed by atoms with van der Waals surface area (Å²) in [6, 6.07) is 7.04. The molecule has 3 fully saturated rings. The van der Waals surface area contributed by atoms with E-state index in [2.05, 4.69) is 12.2 Å². The highest BCUT2D eigenvalue weighted by atomic mass is 16.5. The van der Waals surface area contributed by atoms with E-state index in [0.29, 0.717) is 17.4 Å². The largest absolute Gasteiger partial charge is 0.457 e. The summed E-state index contributed by atoms with van der Waals surface area (Å²) in [6.45, 7) is 1.61. The van der Waals surface area contributed by atoms with Gasteiger partial charge in [0.2, 0.25) is 11.8 Å². The fourth-order valence-corrected chi connectivity index (χ4v) is 5.48. The highest BCUT2D eigenvalue weighted by Crippen LogP contribution is 2.65. The first-order valence-corrected chi connectivity index (χ1v) is 10.2. The Labute approximate surface area is 168 Å². The molecule has 1 aromatic carbocycles. The third-order valence-corrected chi connectivity index (χ3v) is 7.03. The van der Waals surface area contributed by atoms with Gasteiger partial charge in [-0.15, -0.1) is 0 Å². The van der Waals surface area contributed by atoms with E-state index in [1.54, 1.807) is 12.1 Å². The second-order valence-electron chi connectivity index (χ2n) is 8.68. The molecule has 2 saturated carbocycles. The molecule has 0 N–H and O–H groups in total. The number of ketones is 1. The summed E-state index contributed by atoms with van der Waals surface area (Å²) in [5.41, 5.74) is 1.53. The van der Waals surface area contributed by atoms with Crippen LogP contribution >= 0.6 is 0 Å². The average Bonchev–Trinajstić information content (AvgIpc) is 3.50. The minimum Gasteiger partial charge on any atom is -0.457 e. The Kier molecular flexibility index (Phi) is 4.19. The second-order valence-corrected chi connectivity index (χ2v) is 8.68. The number of benzene rings is 1. The van der Waals surface area contributed by atoms with Crippen LogP contribution in [-0.4, -0.2) is 41.6 Å². The van der Waals surface area contributed by atoms with Gasteiger partial charge in [0.05, 0.1) is 18.3 Å². The van der Waals surface area contributed by atoms with Crippen LogP contribution in [0.1, 0.15) is 28.8 Å². The number of imide groups is 1. The van der Waals surface area contributed by atoms with Crippen molar-refractivity contribution >= 4 is 23.6 Å². The lowest BCUT2D eigenvalue weighted by Gasteiger charge is -2.37. The maximum absolute atomic E-state index is 12.9. The van der Waals surface area contributed by atoms with Crippen molar-refractivity contribution in [2.45, 2.75) is 19.8 Å². The predicted octanol–water partition coefficient (Wildman–Crippen LogP) is 2.16. The molecule has 29 heavy (non-hydrogen) atoms. The third kappa shape index (κ3) is 2.93. The van der Waals surface area contributed by atoms with Crippen LogP contribution in [0.25, 0.3) is 0 Å². The molecule has 2 bridgehead atoms. The topological polar surface area (TPSA) is 80.8 Å². The molecule has 1 heterocycles. The van der Waals surface area contributed by atoms with Crippen molar-refractivity contribution < 1.29 is 23.9 Å². The smallest absolute Gasteiger partial charge is 0.308 e. The van der Waals surface area contributed by atoms with Crippen molar-refractivity contribution in [3.05, 3.63) is 47.5 Å². The quantitative estimate of drug-likeness (QED) is 0.320. The predicted molar refractivity (Wildman–Crippen MR) is 103 cm³/mol. The number of hydrogen-bond acceptors (Lipinski definition) is 5. The van der Waals surface area contributed by atoms with E-state index >= 15 is 0 Å². The first kappa shape index (κ1) is 18.3. The van der Waals surface area contributed by atoms with Crippen molar-refractivity contribution in [2.24, 2.45) is 35.5 Å². The van der Waals surface area contributed by atoms with E-state index in [1.165, 1.54) is 4.90 Å². The second kappa shape index (κ2) is 6.65. The summed E-state index contributed by atoms with van der Waals surface area (Å²) in [7, 11) is 0. The summed E-state index contributed by atoms with van der Waals surface area (Å²) in [5.74, 6) is -0.181. The van der Waals surface area contributed by atoms with Crippen LogP contribution in [0.15, 0.2) is 36.4 Å². The van der Waals surface area contributed by atoms with E-state index < -0.39 is 5.97 Å². The minimum atomic E-state index is -0.579. The van der Waals surface area contributed by atoms with Gasteiger partial charge in [-0.25, -0.2) is 0 Å². The maximum atomic E-state index is 12.9. The Morgan fingerprint density at radius 1 is 1.00 bits per heavy atom. The zero-order valence-electron chi connectivity index (χ0n) is 16.2. The number of Topliss-reactive ketones (excluding diaryl/α,β-unsaturated/α-hetero) is 1. The molecular weight excluding hydrogens is 370 g/mol. The van der Waals surface area contributed by atoms with Crippen LogP contribution in [0.3, 0.4) is 0 Å². The Bertz CT molecular complexity index is 897. The fraction of sp³-hybridized carbons (Fsp3) is 0.478. The summed E-state index contributed by atoms with van der Waals surface area (Å²) in [5, 5.41) is 0. The number of likely N-dealkylation sites (tertiary alicyclic amines) is 1. The number of allylic oxidation sites excluding steroid dienone is 2. The Balaban J connectivity index is 1.15. The lowest BCUT2D eigenvalue weighted by molar-refractivity contribution is -0.145. The van der Waals surface area contributed by atoms with Crippen molar-refractivity contribution in [1.82, 2.24) is 4.90 Å². The van der Waals surface area contributed by atoms with Crippen LogP contribution < -0.4 is 0 Å². The van der Waals surface area contributed by atoms with Gasteiger partial charge in [0.25, 0.3) is 0 Å². The Morgan fingerprint density at radius 3 is 2.17 bits per heavy atom. The number of ether oxygens (including phenoxy) is 1. The first-order valence-electron chi connectivity index (χ1n) is 10.2. The van der Waals surface area contributed by atoms with E-state index in [0.717, 1.165) is 12.0 Å². The van der Waals surface area contributed by atoms with Crippen LogP contribution in [0.5, 0.6) is 0 Å². The van der Waals surface area contributed by atoms with E-state index in [4.69, 9.17) is 4.74 Å². The molecule has 6 atom stereocenters. The van der Waals surface area contributed by atoms with Gasteiger partial charge in [0.15, 0.2) is 12.4 Å². The average molecular weight is 393 g/mol. The van der Waals surface area contributed by atoms with Crippen molar-refractivity contribution in [3.63, 3.8) is 0 Å². The monoisotopic (exact) mass is 393 g/mol. The number of esters is 1. The molecule has 150 valence electrons. The molecular formula is C23H23NO5. The molecule has 2 amide bonds. The SMILES string of the molecule is Cc1ccc(C(=O)COC(=O)CCN2C(=O)[C@@H]3[C@H]4C=C[C@@H]([C@@H]5C[C@H]45)[C@@H]3C2=O)cc1. The highest BCUT2D eigenvalue weighted by Gasteiger charge is 2.66. The van der Waals surface area contributed by atoms with Gasteiger partial charge in [-0.1, -0.05) is 42.0 Å². The zero-order valence-corrected chi connectivity index (χ0v) is 16.2. The summed E-state index contributed by atoms with van der Waals surface area (Å²) in [6.07, 6.45) is 5.28. The molecule has 6 rings (SSSR count). The molecule has 1 saturated heterocycles. The molecule has 6 heteroatoms. The van der Waals surface area contributed by atoms with Crippen LogP contribution in [0, 0.1) is 42.4 Å². The molecule has 1 aliphatic heterocycles. The maximum Gasteiger partial charge on any atom is 0.308 e. The van der Waals surface area contributed by atoms with Gasteiger partial charge in [0, 0.05) is 12.1 Å². The van der Waals surface area contributed by atoms with Crippen molar-refractivity contribution in [1.29, 1.82) is 0 Å². The lowest BCUT2D eigenvalue weighted by Crippen LogP contribution is -2.40. The molecule has 1 aromatic rings. The van der Waals surface area contributed by atoms with Gasteiger partial charge < -0.3 is 4.74 Å². The number of nitrogens with zero attached hydrogens (tertiary/aromatic N) is 1. The number of carbonyl (C=O) groups is 4. The molecule has 0 spiro atoms. The number of hydrogen-bond donors (Lipinski definition) is 0. The minimum absolute atomic E-state index is 0.0248. The normalized spacial score (nSPS) is 33.5.